The van der Waals surface area contributed by atoms with Gasteiger partial charge in [-0.05, 0) is 31.0 Å². The van der Waals surface area contributed by atoms with Crippen LogP contribution < -0.4 is 16.6 Å². The minimum atomic E-state index is -0.604. The van der Waals surface area contributed by atoms with E-state index in [4.69, 9.17) is 11.6 Å². The van der Waals surface area contributed by atoms with Gasteiger partial charge in [0, 0.05) is 23.3 Å². The van der Waals surface area contributed by atoms with Crippen LogP contribution in [0, 0.1) is 0 Å². The molecule has 2 N–H and O–H groups in total. The molecule has 1 aromatic heterocycles. The molecule has 0 bridgehead atoms. The van der Waals surface area contributed by atoms with Crippen molar-refractivity contribution >= 4 is 17.5 Å². The summed E-state index contributed by atoms with van der Waals surface area (Å²) in [6.45, 7) is 1.74. The van der Waals surface area contributed by atoms with Crippen LogP contribution in [0.25, 0.3) is 0 Å². The molecule has 0 aliphatic heterocycles. The summed E-state index contributed by atoms with van der Waals surface area (Å²) in [6, 6.07) is 8.50. The molecule has 1 heterocycles. The normalized spacial score (nSPS) is 11.9. The van der Waals surface area contributed by atoms with E-state index in [0.717, 1.165) is 10.1 Å². The Morgan fingerprint density at radius 3 is 2.59 bits per heavy atom. The van der Waals surface area contributed by atoms with E-state index in [1.807, 2.05) is 19.1 Å². The van der Waals surface area contributed by atoms with Crippen molar-refractivity contribution in [2.24, 2.45) is 0 Å². The van der Waals surface area contributed by atoms with Gasteiger partial charge < -0.3 is 5.32 Å². The number of nitrogens with zero attached hydrogens (tertiary/aromatic N) is 1. The molecule has 2 aromatic rings. The van der Waals surface area contributed by atoms with E-state index in [1.165, 1.54) is 12.3 Å². The van der Waals surface area contributed by atoms with Gasteiger partial charge in [-0.25, -0.2) is 4.79 Å². The summed E-state index contributed by atoms with van der Waals surface area (Å²) in [5.41, 5.74) is -0.0378. The molecule has 6 nitrogen and oxygen atoms in total. The number of aromatic amines is 1. The van der Waals surface area contributed by atoms with E-state index in [-0.39, 0.29) is 18.5 Å². The fraction of sp³-hybridized carbons (Fsp3) is 0.267. The van der Waals surface area contributed by atoms with Crippen LogP contribution in [-0.4, -0.2) is 21.5 Å². The average Bonchev–Trinajstić information content (AvgIpc) is 2.44. The van der Waals surface area contributed by atoms with Gasteiger partial charge in [-0.3, -0.25) is 19.1 Å². The summed E-state index contributed by atoms with van der Waals surface area (Å²) >= 11 is 5.82. The third kappa shape index (κ3) is 4.60. The van der Waals surface area contributed by atoms with Crippen molar-refractivity contribution < 1.29 is 4.79 Å². The van der Waals surface area contributed by atoms with Gasteiger partial charge in [0.05, 0.1) is 0 Å². The highest BCUT2D eigenvalue weighted by Gasteiger charge is 2.09. The smallest absolute Gasteiger partial charge is 0.328 e. The van der Waals surface area contributed by atoms with Crippen molar-refractivity contribution in [3.05, 3.63) is 68.0 Å². The second-order valence-electron chi connectivity index (χ2n) is 5.04. The molecule has 0 saturated carbocycles. The van der Waals surface area contributed by atoms with Crippen molar-refractivity contribution in [1.29, 1.82) is 0 Å². The van der Waals surface area contributed by atoms with E-state index in [0.29, 0.717) is 11.4 Å². The summed E-state index contributed by atoms with van der Waals surface area (Å²) in [5.74, 6) is -0.296. The maximum atomic E-state index is 11.9. The Balaban J connectivity index is 1.92. The van der Waals surface area contributed by atoms with Crippen molar-refractivity contribution in [2.45, 2.75) is 25.9 Å². The maximum Gasteiger partial charge on any atom is 0.328 e. The first-order chi connectivity index (χ1) is 10.4. The summed E-state index contributed by atoms with van der Waals surface area (Å²) in [6.07, 6.45) is 1.95. The lowest BCUT2D eigenvalue weighted by molar-refractivity contribution is -0.122. The number of amides is 1. The second-order valence-corrected chi connectivity index (χ2v) is 5.47. The first-order valence-corrected chi connectivity index (χ1v) is 7.15. The minimum absolute atomic E-state index is 0.0906. The molecule has 22 heavy (non-hydrogen) atoms. The number of rotatable bonds is 5. The Labute approximate surface area is 131 Å². The quantitative estimate of drug-likeness (QED) is 0.859. The van der Waals surface area contributed by atoms with Crippen molar-refractivity contribution in [1.82, 2.24) is 14.9 Å². The van der Waals surface area contributed by atoms with Gasteiger partial charge in [-0.2, -0.15) is 0 Å². The molecule has 0 aliphatic rings. The number of nitrogens with one attached hydrogen (secondary N) is 2. The third-order valence-electron chi connectivity index (χ3n) is 3.07. The van der Waals surface area contributed by atoms with Crippen LogP contribution in [0.4, 0.5) is 0 Å². The largest absolute Gasteiger partial charge is 0.352 e. The molecule has 1 atom stereocenters. The number of H-pyrrole nitrogens is 1. The fourth-order valence-electron chi connectivity index (χ4n) is 2.07. The summed E-state index contributed by atoms with van der Waals surface area (Å²) < 4.78 is 1.14. The molecule has 1 amide bonds. The summed E-state index contributed by atoms with van der Waals surface area (Å²) in [5, 5.41) is 3.47. The molecule has 0 fully saturated rings. The molecule has 0 radical (unpaired) electrons. The molecule has 0 aliphatic carbocycles. The van der Waals surface area contributed by atoms with Crippen molar-refractivity contribution in [2.75, 3.05) is 0 Å². The van der Waals surface area contributed by atoms with Gasteiger partial charge in [-0.15, -0.1) is 0 Å². The lowest BCUT2D eigenvalue weighted by Crippen LogP contribution is -2.39. The minimum Gasteiger partial charge on any atom is -0.352 e. The average molecular weight is 322 g/mol. The van der Waals surface area contributed by atoms with Crippen molar-refractivity contribution in [3.63, 3.8) is 0 Å². The van der Waals surface area contributed by atoms with Gasteiger partial charge in [0.2, 0.25) is 5.91 Å². The van der Waals surface area contributed by atoms with E-state index in [1.54, 1.807) is 12.1 Å². The van der Waals surface area contributed by atoms with E-state index in [9.17, 15) is 14.4 Å². The van der Waals surface area contributed by atoms with Crippen LogP contribution >= 0.6 is 11.6 Å². The number of benzene rings is 1. The van der Waals surface area contributed by atoms with E-state index in [2.05, 4.69) is 10.3 Å². The standard InChI is InChI=1S/C15H16ClN3O3/c1-10(8-11-2-4-12(16)5-3-11)17-14(21)9-19-7-6-13(20)18-15(19)22/h2-7,10H,8-9H2,1H3,(H,17,21)(H,18,20,22). The molecular formula is C15H16ClN3O3. The van der Waals surface area contributed by atoms with Crippen LogP contribution in [0.5, 0.6) is 0 Å². The number of carbonyl (C=O) groups excluding carboxylic acids is 1. The fourth-order valence-corrected chi connectivity index (χ4v) is 2.19. The third-order valence-corrected chi connectivity index (χ3v) is 3.33. The molecule has 1 unspecified atom stereocenters. The van der Waals surface area contributed by atoms with Gasteiger partial charge in [-0.1, -0.05) is 23.7 Å². The summed E-state index contributed by atoms with van der Waals surface area (Å²) in [7, 11) is 0. The van der Waals surface area contributed by atoms with Crippen LogP contribution in [0.3, 0.4) is 0 Å². The highest BCUT2D eigenvalue weighted by Crippen LogP contribution is 2.10. The van der Waals surface area contributed by atoms with Crippen LogP contribution in [-0.2, 0) is 17.8 Å². The Kier molecular flexibility index (Phi) is 5.16. The van der Waals surface area contributed by atoms with Gasteiger partial charge >= 0.3 is 5.69 Å². The lowest BCUT2D eigenvalue weighted by atomic mass is 10.1. The topological polar surface area (TPSA) is 84.0 Å². The van der Waals surface area contributed by atoms with Gasteiger partial charge in [0.25, 0.3) is 5.56 Å². The predicted molar refractivity (Wildman–Crippen MR) is 84.1 cm³/mol. The van der Waals surface area contributed by atoms with E-state index < -0.39 is 11.2 Å². The zero-order valence-electron chi connectivity index (χ0n) is 12.0. The molecule has 7 heteroatoms. The number of carbonyl (C=O) groups is 1. The van der Waals surface area contributed by atoms with Crippen molar-refractivity contribution in [3.8, 4) is 0 Å². The number of hydrogen-bond donors (Lipinski definition) is 2. The molecule has 116 valence electrons. The van der Waals surface area contributed by atoms with Gasteiger partial charge in [0.15, 0.2) is 0 Å². The monoisotopic (exact) mass is 321 g/mol. The van der Waals surface area contributed by atoms with Crippen LogP contribution in [0.15, 0.2) is 46.1 Å². The molecule has 0 spiro atoms. The van der Waals surface area contributed by atoms with E-state index >= 15 is 0 Å². The zero-order chi connectivity index (χ0) is 16.1. The Morgan fingerprint density at radius 1 is 1.27 bits per heavy atom. The molecule has 2 rings (SSSR count). The number of hydrogen-bond acceptors (Lipinski definition) is 3. The lowest BCUT2D eigenvalue weighted by Gasteiger charge is -2.14. The van der Waals surface area contributed by atoms with Crippen LogP contribution in [0.2, 0.25) is 5.02 Å². The van der Waals surface area contributed by atoms with Crippen LogP contribution in [0.1, 0.15) is 12.5 Å². The Morgan fingerprint density at radius 2 is 1.95 bits per heavy atom. The Hall–Kier alpha value is -2.34. The Bertz CT molecular complexity index is 765. The maximum absolute atomic E-state index is 11.9. The molecule has 1 aromatic carbocycles. The molecular weight excluding hydrogens is 306 g/mol. The SMILES string of the molecule is CC(Cc1ccc(Cl)cc1)NC(=O)Cn1ccc(=O)[nH]c1=O. The van der Waals surface area contributed by atoms with Gasteiger partial charge in [0.1, 0.15) is 6.54 Å². The second kappa shape index (κ2) is 7.09. The first kappa shape index (κ1) is 16.0. The molecule has 0 saturated heterocycles. The number of halogens is 1. The summed E-state index contributed by atoms with van der Waals surface area (Å²) in [4.78, 5) is 36.5. The number of aromatic nitrogens is 2. The zero-order valence-corrected chi connectivity index (χ0v) is 12.8. The first-order valence-electron chi connectivity index (χ1n) is 6.77. The highest BCUT2D eigenvalue weighted by atomic mass is 35.5. The highest BCUT2D eigenvalue weighted by molar-refractivity contribution is 6.30. The predicted octanol–water partition coefficient (Wildman–Crippen LogP) is 0.937.